The monoisotopic (exact) mass is 235 g/mol. The Morgan fingerprint density at radius 3 is 1.00 bits per heavy atom. The van der Waals surface area contributed by atoms with Crippen LogP contribution in [0.4, 0.5) is 0 Å². The molecule has 11 heavy (non-hydrogen) atoms. The SMILES string of the molecule is O.O.O.O.O.O=[N+]([O-])O.[Ca+2].[Ca+2].[H-].[H-]. The van der Waals surface area contributed by atoms with Gasteiger partial charge in [0.25, 0.3) is 5.09 Å². The van der Waals surface area contributed by atoms with E-state index in [1.807, 2.05) is 0 Å². The summed E-state index contributed by atoms with van der Waals surface area (Å²) in [5.41, 5.74) is 0. The van der Waals surface area contributed by atoms with Crippen LogP contribution in [-0.4, -0.2) is 113 Å². The fourth-order valence-electron chi connectivity index (χ4n) is 0. The van der Waals surface area contributed by atoms with Crippen LogP contribution in [0.2, 0.25) is 0 Å². The summed E-state index contributed by atoms with van der Waals surface area (Å²) in [5, 5.41) is 13.6. The molecule has 11 heteroatoms. The van der Waals surface area contributed by atoms with Gasteiger partial charge < -0.3 is 35.4 Å². The predicted molar refractivity (Wildman–Crippen MR) is 40.6 cm³/mol. The van der Waals surface area contributed by atoms with E-state index in [0.717, 1.165) is 0 Å². The Balaban J connectivity index is -0.00000000125. The van der Waals surface area contributed by atoms with E-state index in [1.165, 1.54) is 0 Å². The molecular weight excluding hydrogens is 222 g/mol. The van der Waals surface area contributed by atoms with E-state index in [2.05, 4.69) is 0 Å². The largest absolute Gasteiger partial charge is 2.00 e. The molecule has 0 aliphatic rings. The van der Waals surface area contributed by atoms with E-state index < -0.39 is 5.09 Å². The van der Waals surface area contributed by atoms with Crippen LogP contribution in [0.1, 0.15) is 2.85 Å². The summed E-state index contributed by atoms with van der Waals surface area (Å²) in [6, 6.07) is 0. The standard InChI is InChI=1S/2Ca.HNO3.5H2O.2H/c;;2-1(3)4;;;;;;;/h;;(H,2,3,4);5*1H2;;/q2*+2;;;;;;;2*-1. The molecule has 11 N–H and O–H groups in total. The Labute approximate surface area is 124 Å². The molecule has 0 aromatic carbocycles. The van der Waals surface area contributed by atoms with Gasteiger partial charge in [-0.2, -0.15) is 0 Å². The molecule has 0 radical (unpaired) electrons. The summed E-state index contributed by atoms with van der Waals surface area (Å²) in [6.07, 6.45) is 0. The summed E-state index contributed by atoms with van der Waals surface area (Å²) in [4.78, 5) is 8.36. The van der Waals surface area contributed by atoms with Gasteiger partial charge in [-0.25, -0.2) is 0 Å². The van der Waals surface area contributed by atoms with Crippen LogP contribution < -0.4 is 0 Å². The molecule has 0 fully saturated rings. The van der Waals surface area contributed by atoms with Gasteiger partial charge in [0.05, 0.1) is 0 Å². The van der Waals surface area contributed by atoms with Gasteiger partial charge in [0.1, 0.15) is 0 Å². The first-order chi connectivity index (χ1) is 1.73. The van der Waals surface area contributed by atoms with Crippen LogP contribution >= 0.6 is 0 Å². The Morgan fingerprint density at radius 1 is 1.00 bits per heavy atom. The van der Waals surface area contributed by atoms with Crippen molar-refractivity contribution in [2.45, 2.75) is 0 Å². The van der Waals surface area contributed by atoms with E-state index in [-0.39, 0.29) is 106 Å². The van der Waals surface area contributed by atoms with Crippen molar-refractivity contribution >= 4 is 75.5 Å². The molecule has 0 aromatic rings. The Kier molecular flexibility index (Phi) is 461. The van der Waals surface area contributed by atoms with Crippen molar-refractivity contribution in [1.82, 2.24) is 0 Å². The van der Waals surface area contributed by atoms with E-state index in [4.69, 9.17) is 15.3 Å². The number of rotatable bonds is 0. The molecule has 0 amide bonds. The topological polar surface area (TPSA) is 221 Å². The molecule has 0 heterocycles. The normalized spacial score (nSPS) is 2.18. The van der Waals surface area contributed by atoms with Gasteiger partial charge >= 0.3 is 75.5 Å². The van der Waals surface area contributed by atoms with Crippen molar-refractivity contribution < 1.29 is 40.5 Å². The van der Waals surface area contributed by atoms with Crippen LogP contribution in [0.15, 0.2) is 0 Å². The van der Waals surface area contributed by atoms with Gasteiger partial charge in [-0.3, -0.25) is 0 Å². The second-order valence-electron chi connectivity index (χ2n) is 0.238. The summed E-state index contributed by atoms with van der Waals surface area (Å²) in [7, 11) is 0. The van der Waals surface area contributed by atoms with Crippen LogP contribution in [0.25, 0.3) is 0 Å². The van der Waals surface area contributed by atoms with E-state index in [1.54, 1.807) is 0 Å². The number of nitrogens with zero attached hydrogens (tertiary/aromatic N) is 1. The molecule has 0 aliphatic carbocycles. The summed E-state index contributed by atoms with van der Waals surface area (Å²) in [5.74, 6) is 0. The Bertz CT molecular complexity index is 43.1. The summed E-state index contributed by atoms with van der Waals surface area (Å²) >= 11 is 0. The first kappa shape index (κ1) is 81.3. The van der Waals surface area contributed by atoms with E-state index in [0.29, 0.717) is 0 Å². The molecule has 0 aliphatic heterocycles. The van der Waals surface area contributed by atoms with Crippen LogP contribution in [0.5, 0.6) is 0 Å². The molecule has 9 nitrogen and oxygen atoms in total. The van der Waals surface area contributed by atoms with Crippen molar-refractivity contribution in [1.29, 1.82) is 0 Å². The maximum Gasteiger partial charge on any atom is 2.00 e. The second-order valence-corrected chi connectivity index (χ2v) is 0.238. The molecule has 68 valence electrons. The zero-order chi connectivity index (χ0) is 3.58. The third-order valence-electron chi connectivity index (χ3n) is 0. The minimum atomic E-state index is -1.50. The first-order valence-electron chi connectivity index (χ1n) is 0.565. The van der Waals surface area contributed by atoms with Crippen LogP contribution in [0.3, 0.4) is 0 Å². The molecule has 0 saturated heterocycles. The van der Waals surface area contributed by atoms with Crippen molar-refractivity contribution in [2.24, 2.45) is 0 Å². The van der Waals surface area contributed by atoms with Gasteiger partial charge in [-0.1, -0.05) is 0 Å². The average molecular weight is 235 g/mol. The number of hydrogen-bond acceptors (Lipinski definition) is 2. The van der Waals surface area contributed by atoms with Gasteiger partial charge in [0, 0.05) is 0 Å². The Morgan fingerprint density at radius 2 is 1.00 bits per heavy atom. The maximum atomic E-state index is 8.36. The second kappa shape index (κ2) is 62.4. The molecular formula is H13Ca2NO8+2. The first-order valence-corrected chi connectivity index (χ1v) is 0.565. The maximum absolute atomic E-state index is 8.36. The zero-order valence-corrected chi connectivity index (χ0v) is 10.0. The number of hydrogen-bond donors (Lipinski definition) is 1. The molecule has 0 rings (SSSR count). The molecule has 0 spiro atoms. The summed E-state index contributed by atoms with van der Waals surface area (Å²) in [6.45, 7) is 0. The molecule has 0 saturated carbocycles. The van der Waals surface area contributed by atoms with Gasteiger partial charge in [-0.05, 0) is 0 Å². The smallest absolute Gasteiger partial charge is 1.00 e. The average Bonchev–Trinajstić information content (AvgIpc) is 0.811. The zero-order valence-electron chi connectivity index (χ0n) is 7.63. The molecule has 0 atom stereocenters. The van der Waals surface area contributed by atoms with Gasteiger partial charge in [0.2, 0.25) is 0 Å². The van der Waals surface area contributed by atoms with E-state index in [9.17, 15) is 0 Å². The van der Waals surface area contributed by atoms with Crippen LogP contribution in [0, 0.1) is 10.1 Å². The Hall–Kier alpha value is 1.52. The van der Waals surface area contributed by atoms with E-state index >= 15 is 0 Å². The molecule has 0 unspecified atom stereocenters. The van der Waals surface area contributed by atoms with Crippen molar-refractivity contribution in [3.05, 3.63) is 10.1 Å². The van der Waals surface area contributed by atoms with Crippen LogP contribution in [-0.2, 0) is 0 Å². The summed E-state index contributed by atoms with van der Waals surface area (Å²) < 4.78 is 0. The quantitative estimate of drug-likeness (QED) is 0.247. The third-order valence-corrected chi connectivity index (χ3v) is 0. The molecule has 0 bridgehead atoms. The van der Waals surface area contributed by atoms with Gasteiger partial charge in [-0.15, -0.1) is 10.1 Å². The van der Waals surface area contributed by atoms with Crippen molar-refractivity contribution in [3.63, 3.8) is 0 Å². The van der Waals surface area contributed by atoms with Crippen molar-refractivity contribution in [3.8, 4) is 0 Å². The van der Waals surface area contributed by atoms with Crippen molar-refractivity contribution in [2.75, 3.05) is 0 Å². The predicted octanol–water partition coefficient (Wildman–Crippen LogP) is -5.01. The fraction of sp³-hybridized carbons (Fsp3) is 0. The minimum Gasteiger partial charge on any atom is -1.00 e. The van der Waals surface area contributed by atoms with Gasteiger partial charge in [0.15, 0.2) is 0 Å². The fourth-order valence-corrected chi connectivity index (χ4v) is 0. The third kappa shape index (κ3) is 452. The molecule has 0 aromatic heterocycles. The minimum absolute atomic E-state index is 0.